The molecular formula is CH5AlO4Zn. The third-order valence-corrected chi connectivity index (χ3v) is 0.0781. The zero-order valence-corrected chi connectivity index (χ0v) is 5.89. The van der Waals surface area contributed by atoms with Crippen LogP contribution in [0.5, 0.6) is 0 Å². The van der Waals surface area contributed by atoms with E-state index in [0.717, 1.165) is 0 Å². The number of hydrogen-bond acceptors (Lipinski definition) is 3. The van der Waals surface area contributed by atoms with Crippen molar-refractivity contribution in [2.24, 2.45) is 0 Å². The van der Waals surface area contributed by atoms with Crippen LogP contribution in [-0.4, -0.2) is 33.9 Å². The Balaban J connectivity index is -0.0000000800. The Bertz CT molecular complexity index is 47.0. The van der Waals surface area contributed by atoms with E-state index in [-0.39, 0.29) is 36.8 Å². The van der Waals surface area contributed by atoms with Crippen molar-refractivity contribution in [3.8, 4) is 0 Å². The first-order valence-corrected chi connectivity index (χ1v) is 0.814. The molecule has 0 radical (unpaired) electrons. The molecule has 0 fully saturated rings. The van der Waals surface area contributed by atoms with E-state index in [4.69, 9.17) is 15.2 Å². The van der Waals surface area contributed by atoms with Crippen molar-refractivity contribution < 1.29 is 39.5 Å². The van der Waals surface area contributed by atoms with Gasteiger partial charge in [0.2, 0.25) is 0 Å². The molecule has 0 saturated carbocycles. The predicted molar refractivity (Wildman–Crippen MR) is 21.7 cm³/mol. The van der Waals surface area contributed by atoms with E-state index in [1.54, 1.807) is 0 Å². The van der Waals surface area contributed by atoms with Crippen LogP contribution < -0.4 is 0 Å². The second kappa shape index (κ2) is 9.63. The monoisotopic (exact) mass is 172 g/mol. The molecule has 0 saturated heterocycles. The van der Waals surface area contributed by atoms with Gasteiger partial charge in [0, 0.05) is 19.5 Å². The Morgan fingerprint density at radius 2 is 1.71 bits per heavy atom. The van der Waals surface area contributed by atoms with Crippen molar-refractivity contribution in [1.82, 2.24) is 0 Å². The molecule has 0 unspecified atom stereocenters. The van der Waals surface area contributed by atoms with Crippen molar-refractivity contribution in [2.75, 3.05) is 0 Å². The molecule has 0 aliphatic rings. The van der Waals surface area contributed by atoms with Crippen LogP contribution in [0, 0.1) is 0 Å². The molecule has 0 rings (SSSR count). The van der Waals surface area contributed by atoms with Crippen LogP contribution in [0.25, 0.3) is 0 Å². The summed E-state index contributed by atoms with van der Waals surface area (Å²) in [7, 11) is 0. The van der Waals surface area contributed by atoms with Gasteiger partial charge >= 0.3 is 6.16 Å². The van der Waals surface area contributed by atoms with Gasteiger partial charge in [0.15, 0.2) is 17.4 Å². The van der Waals surface area contributed by atoms with Crippen LogP contribution in [0.4, 0.5) is 4.79 Å². The molecule has 0 atom stereocenters. The quantitative estimate of drug-likeness (QED) is 0.279. The van der Waals surface area contributed by atoms with Crippen molar-refractivity contribution in [3.63, 3.8) is 0 Å². The molecule has 6 heteroatoms. The number of carboxylic acid groups (broad SMARTS) is 1. The molecule has 4 nitrogen and oxygen atoms in total. The van der Waals surface area contributed by atoms with E-state index in [1.165, 1.54) is 0 Å². The minimum atomic E-state index is -1.69. The summed E-state index contributed by atoms with van der Waals surface area (Å²) in [5.74, 6) is 0. The van der Waals surface area contributed by atoms with Crippen LogP contribution in [0.15, 0.2) is 0 Å². The summed E-state index contributed by atoms with van der Waals surface area (Å²) in [6.07, 6.45) is -1.69. The van der Waals surface area contributed by atoms with Gasteiger partial charge in [-0.15, -0.1) is 0 Å². The molecule has 0 heterocycles. The minimum absolute atomic E-state index is 0. The fourth-order valence-corrected chi connectivity index (χ4v) is 0. The fraction of sp³-hybridized carbons (Fsp3) is 0. The first kappa shape index (κ1) is 15.7. The summed E-state index contributed by atoms with van der Waals surface area (Å²) in [5, 5.41) is 14.3. The van der Waals surface area contributed by atoms with Gasteiger partial charge < -0.3 is 5.11 Å². The van der Waals surface area contributed by atoms with E-state index in [1.807, 2.05) is 0 Å². The first-order valence-electron chi connectivity index (χ1n) is 0.814. The molecule has 0 amide bonds. The molecule has 0 bridgehead atoms. The van der Waals surface area contributed by atoms with Crippen LogP contribution in [0.2, 0.25) is 0 Å². The molecule has 0 aromatic carbocycles. The van der Waals surface area contributed by atoms with Crippen molar-refractivity contribution in [1.29, 1.82) is 0 Å². The SMILES string of the molecule is O=C(O)OO.[AlH3].[Zn]. The van der Waals surface area contributed by atoms with E-state index < -0.39 is 6.16 Å². The maximum Gasteiger partial charge on any atom is 0.537 e. The van der Waals surface area contributed by atoms with E-state index in [0.29, 0.717) is 0 Å². The van der Waals surface area contributed by atoms with Gasteiger partial charge in [-0.2, -0.15) is 5.26 Å². The summed E-state index contributed by atoms with van der Waals surface area (Å²) in [5.41, 5.74) is 0. The third kappa shape index (κ3) is 21.6. The van der Waals surface area contributed by atoms with Crippen LogP contribution >= 0.6 is 0 Å². The average molecular weight is 173 g/mol. The Morgan fingerprint density at radius 3 is 1.71 bits per heavy atom. The maximum atomic E-state index is 8.90. The summed E-state index contributed by atoms with van der Waals surface area (Å²) in [4.78, 5) is 11.6. The normalized spacial score (nSPS) is 4.71. The smallest absolute Gasteiger partial charge is 0.448 e. The Morgan fingerprint density at radius 1 is 1.57 bits per heavy atom. The predicted octanol–water partition coefficient (Wildman–Crippen LogP) is -1.03. The van der Waals surface area contributed by atoms with Crippen LogP contribution in [-0.2, 0) is 24.4 Å². The van der Waals surface area contributed by atoms with Gasteiger partial charge in [0.1, 0.15) is 0 Å². The topological polar surface area (TPSA) is 66.8 Å². The van der Waals surface area contributed by atoms with Crippen LogP contribution in [0.1, 0.15) is 0 Å². The fourth-order valence-electron chi connectivity index (χ4n) is 0. The molecule has 0 aromatic rings. The third-order valence-electron chi connectivity index (χ3n) is 0.0781. The Labute approximate surface area is 63.3 Å². The van der Waals surface area contributed by atoms with E-state index in [2.05, 4.69) is 4.89 Å². The molecule has 2 N–H and O–H groups in total. The largest absolute Gasteiger partial charge is 0.537 e. The van der Waals surface area contributed by atoms with Gasteiger partial charge in [-0.05, 0) is 0 Å². The molecule has 0 aliphatic carbocycles. The molecule has 0 aromatic heterocycles. The summed E-state index contributed by atoms with van der Waals surface area (Å²) in [6, 6.07) is 0. The zero-order valence-electron chi connectivity index (χ0n) is 2.92. The number of hydrogen-bond donors (Lipinski definition) is 2. The van der Waals surface area contributed by atoms with Crippen molar-refractivity contribution >= 4 is 23.5 Å². The van der Waals surface area contributed by atoms with Crippen LogP contribution in [0.3, 0.4) is 0 Å². The number of carbonyl (C=O) groups is 1. The van der Waals surface area contributed by atoms with Gasteiger partial charge in [-0.1, -0.05) is 0 Å². The van der Waals surface area contributed by atoms with E-state index >= 15 is 0 Å². The summed E-state index contributed by atoms with van der Waals surface area (Å²) < 4.78 is 0. The van der Waals surface area contributed by atoms with Gasteiger partial charge in [-0.3, -0.25) is 4.89 Å². The maximum absolute atomic E-state index is 8.90. The van der Waals surface area contributed by atoms with Crippen molar-refractivity contribution in [3.05, 3.63) is 0 Å². The standard InChI is InChI=1S/CH2O4.Al.Zn.3H/c2-1(3)5-4;;;;;/h4H,(H,2,3);;;;;. The molecular weight excluding hydrogens is 168 g/mol. The average Bonchev–Trinajstić information content (AvgIpc) is 1.38. The summed E-state index contributed by atoms with van der Waals surface area (Å²) >= 11 is 0. The summed E-state index contributed by atoms with van der Waals surface area (Å²) in [6.45, 7) is 0. The zero-order chi connectivity index (χ0) is 4.28. The molecule has 38 valence electrons. The minimum Gasteiger partial charge on any atom is -0.448 e. The van der Waals surface area contributed by atoms with Gasteiger partial charge in [0.25, 0.3) is 0 Å². The molecule has 7 heavy (non-hydrogen) atoms. The molecule has 0 aliphatic heterocycles. The van der Waals surface area contributed by atoms with Crippen molar-refractivity contribution in [2.45, 2.75) is 0 Å². The second-order valence-corrected chi connectivity index (χ2v) is 0.357. The number of rotatable bonds is 0. The Hall–Kier alpha value is 0.386. The van der Waals surface area contributed by atoms with Gasteiger partial charge in [-0.25, -0.2) is 4.79 Å². The van der Waals surface area contributed by atoms with E-state index in [9.17, 15) is 0 Å². The second-order valence-electron chi connectivity index (χ2n) is 0.357. The first-order chi connectivity index (χ1) is 2.27. The van der Waals surface area contributed by atoms with Gasteiger partial charge in [0.05, 0.1) is 0 Å². The molecule has 0 spiro atoms. The Kier molecular flexibility index (Phi) is 21.5.